The molecular weight excluding hydrogens is 264 g/mol. The van der Waals surface area contributed by atoms with E-state index >= 15 is 0 Å². The second-order valence-electron chi connectivity index (χ2n) is 2.75. The van der Waals surface area contributed by atoms with E-state index in [4.69, 9.17) is 10.2 Å². The predicted octanol–water partition coefficient (Wildman–Crippen LogP) is -1.57. The van der Waals surface area contributed by atoms with Crippen molar-refractivity contribution in [3.8, 4) is 0 Å². The molecule has 10 heteroatoms. The van der Waals surface area contributed by atoms with Gasteiger partial charge in [-0.2, -0.15) is 0 Å². The Hall–Kier alpha value is -0.840. The minimum atomic E-state index is -2.92. The fraction of sp³-hybridized carbons (Fsp3) is 0.667. The van der Waals surface area contributed by atoms with Gasteiger partial charge in [0.1, 0.15) is 10.5 Å². The summed E-state index contributed by atoms with van der Waals surface area (Å²) < 4.78 is 41.6. The maximum absolute atomic E-state index is 10.4. The van der Waals surface area contributed by atoms with Crippen LogP contribution in [0.2, 0.25) is 0 Å². The second kappa shape index (κ2) is 6.68. The third-order valence-corrected chi connectivity index (χ3v) is 3.51. The molecule has 94 valence electrons. The first-order valence-electron chi connectivity index (χ1n) is 3.89. The highest BCUT2D eigenvalue weighted by Gasteiger charge is 2.24. The number of carboxylic acid groups (broad SMARTS) is 2. The molecule has 2 N–H and O–H groups in total. The molecule has 0 aliphatic rings. The number of carbonyl (C=O) groups is 2. The summed E-state index contributed by atoms with van der Waals surface area (Å²) in [4.78, 5) is 20.8. The summed E-state index contributed by atoms with van der Waals surface area (Å²) in [5.74, 6) is -3.29. The Labute approximate surface area is 95.2 Å². The number of carboxylic acids is 2. The zero-order valence-electron chi connectivity index (χ0n) is 7.73. The number of aliphatic carboxylic acids is 2. The summed E-state index contributed by atoms with van der Waals surface area (Å²) in [6.45, 7) is 0. The zero-order chi connectivity index (χ0) is 12.9. The van der Waals surface area contributed by atoms with Crippen LogP contribution >= 0.6 is 0 Å². The van der Waals surface area contributed by atoms with Gasteiger partial charge < -0.3 is 19.3 Å². The third-order valence-electron chi connectivity index (χ3n) is 1.71. The van der Waals surface area contributed by atoms with E-state index in [1.54, 1.807) is 0 Å². The van der Waals surface area contributed by atoms with E-state index < -0.39 is 57.4 Å². The fourth-order valence-corrected chi connectivity index (χ4v) is 1.89. The van der Waals surface area contributed by atoms with E-state index in [0.717, 1.165) is 0 Å². The topological polar surface area (TPSA) is 155 Å². The van der Waals surface area contributed by atoms with Crippen LogP contribution in [0.1, 0.15) is 12.8 Å². The molecule has 0 bridgehead atoms. The molecule has 4 atom stereocenters. The molecular formula is C6H8O8S2-2. The summed E-state index contributed by atoms with van der Waals surface area (Å²) in [7, 11) is 0. The summed E-state index contributed by atoms with van der Waals surface area (Å²) >= 11 is -5.84. The summed E-state index contributed by atoms with van der Waals surface area (Å²) in [5.41, 5.74) is 0. The molecule has 0 amide bonds. The van der Waals surface area contributed by atoms with Gasteiger partial charge in [0, 0.05) is 0 Å². The Balaban J connectivity index is 4.50. The van der Waals surface area contributed by atoms with Crippen LogP contribution in [0.25, 0.3) is 0 Å². The van der Waals surface area contributed by atoms with Crippen molar-refractivity contribution in [1.82, 2.24) is 0 Å². The first kappa shape index (κ1) is 15.2. The minimum absolute atomic E-state index is 0.573. The van der Waals surface area contributed by atoms with Crippen LogP contribution in [0.15, 0.2) is 0 Å². The van der Waals surface area contributed by atoms with Gasteiger partial charge in [-0.15, -0.1) is 0 Å². The highest BCUT2D eigenvalue weighted by atomic mass is 32.2. The lowest BCUT2D eigenvalue weighted by molar-refractivity contribution is -0.138. The fourth-order valence-electron chi connectivity index (χ4n) is 0.907. The standard InChI is InChI=1S/C6H10O8S2/c7-5(8)3(15(11)12)1-2-4(6(9)10)16(13)14/h3-4H,1-2H2,(H,7,8)(H,9,10)(H,11,12)(H,13,14)/p-2. The third kappa shape index (κ3) is 4.79. The predicted molar refractivity (Wildman–Crippen MR) is 49.9 cm³/mol. The Bertz CT molecular complexity index is 266. The maximum atomic E-state index is 10.4. The van der Waals surface area contributed by atoms with Crippen LogP contribution in [0, 0.1) is 0 Å². The van der Waals surface area contributed by atoms with E-state index in [1.807, 2.05) is 0 Å². The van der Waals surface area contributed by atoms with E-state index in [2.05, 4.69) is 0 Å². The summed E-state index contributed by atoms with van der Waals surface area (Å²) in [6, 6.07) is 0. The SMILES string of the molecule is O=C(O)C(CCC(C(=O)O)S(=O)[O-])S(=O)[O-]. The van der Waals surface area contributed by atoms with Gasteiger partial charge in [0.25, 0.3) is 0 Å². The van der Waals surface area contributed by atoms with Crippen molar-refractivity contribution in [2.45, 2.75) is 23.3 Å². The van der Waals surface area contributed by atoms with Gasteiger partial charge in [-0.05, 0) is 35.0 Å². The largest absolute Gasteiger partial charge is 0.772 e. The molecule has 0 saturated carbocycles. The lowest BCUT2D eigenvalue weighted by Crippen LogP contribution is -2.31. The van der Waals surface area contributed by atoms with Gasteiger partial charge in [-0.25, -0.2) is 0 Å². The van der Waals surface area contributed by atoms with Gasteiger partial charge in [0.15, 0.2) is 0 Å². The Kier molecular flexibility index (Phi) is 6.33. The first-order chi connectivity index (χ1) is 7.27. The van der Waals surface area contributed by atoms with Crippen molar-refractivity contribution >= 4 is 34.1 Å². The molecule has 0 aromatic rings. The van der Waals surface area contributed by atoms with Crippen LogP contribution in [0.4, 0.5) is 0 Å². The lowest BCUT2D eigenvalue weighted by Gasteiger charge is -2.19. The summed E-state index contributed by atoms with van der Waals surface area (Å²) in [6.07, 6.45) is -1.15. The molecule has 0 aliphatic heterocycles. The number of hydrogen-bond donors (Lipinski definition) is 2. The quantitative estimate of drug-likeness (QED) is 0.526. The molecule has 0 saturated heterocycles. The van der Waals surface area contributed by atoms with Gasteiger partial charge in [0.05, 0.1) is 0 Å². The van der Waals surface area contributed by atoms with Gasteiger partial charge in [-0.3, -0.25) is 18.0 Å². The van der Waals surface area contributed by atoms with E-state index in [0.29, 0.717) is 0 Å². The van der Waals surface area contributed by atoms with E-state index in [-0.39, 0.29) is 0 Å². The number of rotatable bonds is 7. The van der Waals surface area contributed by atoms with Crippen molar-refractivity contribution in [2.24, 2.45) is 0 Å². The van der Waals surface area contributed by atoms with E-state index in [1.165, 1.54) is 0 Å². The van der Waals surface area contributed by atoms with Crippen LogP contribution in [0.3, 0.4) is 0 Å². The molecule has 0 radical (unpaired) electrons. The van der Waals surface area contributed by atoms with Crippen LogP contribution < -0.4 is 0 Å². The van der Waals surface area contributed by atoms with Crippen molar-refractivity contribution in [1.29, 1.82) is 0 Å². The highest BCUT2D eigenvalue weighted by molar-refractivity contribution is 7.81. The molecule has 0 heterocycles. The van der Waals surface area contributed by atoms with Crippen molar-refractivity contribution in [3.63, 3.8) is 0 Å². The first-order valence-corrected chi connectivity index (χ1v) is 6.16. The molecule has 4 unspecified atom stereocenters. The smallest absolute Gasteiger partial charge is 0.318 e. The average Bonchev–Trinajstić information content (AvgIpc) is 2.09. The van der Waals surface area contributed by atoms with Crippen LogP contribution in [-0.2, 0) is 31.7 Å². The maximum Gasteiger partial charge on any atom is 0.318 e. The molecule has 0 aromatic carbocycles. The second-order valence-corrected chi connectivity index (χ2v) is 4.93. The summed E-state index contributed by atoms with van der Waals surface area (Å²) in [5, 5.41) is 13.3. The van der Waals surface area contributed by atoms with Crippen LogP contribution in [0.5, 0.6) is 0 Å². The molecule has 16 heavy (non-hydrogen) atoms. The monoisotopic (exact) mass is 272 g/mol. The Morgan fingerprint density at radius 3 is 1.31 bits per heavy atom. The van der Waals surface area contributed by atoms with Gasteiger partial charge in [-0.1, -0.05) is 0 Å². The Morgan fingerprint density at radius 1 is 0.938 bits per heavy atom. The van der Waals surface area contributed by atoms with Crippen LogP contribution in [-0.4, -0.2) is 50.2 Å². The van der Waals surface area contributed by atoms with Gasteiger partial charge >= 0.3 is 11.9 Å². The van der Waals surface area contributed by atoms with Crippen molar-refractivity contribution < 1.29 is 37.3 Å². The highest BCUT2D eigenvalue weighted by Crippen LogP contribution is 2.10. The Morgan fingerprint density at radius 2 is 1.19 bits per heavy atom. The molecule has 0 aliphatic carbocycles. The molecule has 0 aromatic heterocycles. The molecule has 0 rings (SSSR count). The zero-order valence-corrected chi connectivity index (χ0v) is 9.36. The minimum Gasteiger partial charge on any atom is -0.772 e. The van der Waals surface area contributed by atoms with E-state index in [9.17, 15) is 27.1 Å². The van der Waals surface area contributed by atoms with Gasteiger partial charge in [0.2, 0.25) is 0 Å². The average molecular weight is 272 g/mol. The molecule has 0 fully saturated rings. The normalized spacial score (nSPS) is 18.4. The van der Waals surface area contributed by atoms with Crippen molar-refractivity contribution in [2.75, 3.05) is 0 Å². The lowest BCUT2D eigenvalue weighted by atomic mass is 10.2. The van der Waals surface area contributed by atoms with Crippen molar-refractivity contribution in [3.05, 3.63) is 0 Å². The molecule has 0 spiro atoms. The number of hydrogen-bond acceptors (Lipinski definition) is 6. The molecule has 8 nitrogen and oxygen atoms in total.